The number of pyridine rings is 1. The number of urea groups is 1. The molecule has 0 saturated carbocycles. The third-order valence-corrected chi connectivity index (χ3v) is 2.69. The average Bonchev–Trinajstić information content (AvgIpc) is 2.48. The van der Waals surface area contributed by atoms with Crippen molar-refractivity contribution in [3.63, 3.8) is 0 Å². The van der Waals surface area contributed by atoms with Crippen molar-refractivity contribution in [2.45, 2.75) is 19.7 Å². The van der Waals surface area contributed by atoms with Crippen LogP contribution in [-0.4, -0.2) is 22.3 Å². The van der Waals surface area contributed by atoms with E-state index in [4.69, 9.17) is 4.74 Å². The summed E-state index contributed by atoms with van der Waals surface area (Å²) >= 11 is 0. The van der Waals surface area contributed by atoms with Gasteiger partial charge in [-0.1, -0.05) is 0 Å². The number of carbonyl (C=O) groups is 1. The SMILES string of the molecule is CC(NC(=O)NCc1ccncc1)Oc1ccc(O)cc1. The quantitative estimate of drug-likeness (QED) is 0.735. The lowest BCUT2D eigenvalue weighted by Gasteiger charge is -2.16. The summed E-state index contributed by atoms with van der Waals surface area (Å²) in [6.07, 6.45) is 2.85. The molecule has 0 radical (unpaired) electrons. The van der Waals surface area contributed by atoms with Crippen LogP contribution < -0.4 is 15.4 Å². The summed E-state index contributed by atoms with van der Waals surface area (Å²) in [4.78, 5) is 15.6. The number of ether oxygens (including phenoxy) is 1. The lowest BCUT2D eigenvalue weighted by Crippen LogP contribution is -2.43. The number of rotatable bonds is 5. The molecule has 0 saturated heterocycles. The predicted molar refractivity (Wildman–Crippen MR) is 77.8 cm³/mol. The van der Waals surface area contributed by atoms with Gasteiger partial charge in [0.15, 0.2) is 6.23 Å². The van der Waals surface area contributed by atoms with Gasteiger partial charge in [0.1, 0.15) is 11.5 Å². The smallest absolute Gasteiger partial charge is 0.317 e. The Bertz CT molecular complexity index is 572. The van der Waals surface area contributed by atoms with Gasteiger partial charge < -0.3 is 20.5 Å². The van der Waals surface area contributed by atoms with Gasteiger partial charge >= 0.3 is 6.03 Å². The lowest BCUT2D eigenvalue weighted by atomic mass is 10.3. The molecular formula is C15H17N3O3. The number of phenolic OH excluding ortho intramolecular Hbond substituents is 1. The largest absolute Gasteiger partial charge is 0.508 e. The van der Waals surface area contributed by atoms with E-state index < -0.39 is 6.23 Å². The van der Waals surface area contributed by atoms with Gasteiger partial charge in [-0.2, -0.15) is 0 Å². The number of nitrogens with zero attached hydrogens (tertiary/aromatic N) is 1. The molecule has 1 aromatic carbocycles. The number of amides is 2. The van der Waals surface area contributed by atoms with E-state index >= 15 is 0 Å². The van der Waals surface area contributed by atoms with Crippen molar-refractivity contribution in [3.8, 4) is 11.5 Å². The van der Waals surface area contributed by atoms with Crippen molar-refractivity contribution < 1.29 is 14.6 Å². The molecule has 2 rings (SSSR count). The van der Waals surface area contributed by atoms with E-state index in [9.17, 15) is 9.90 Å². The Balaban J connectivity index is 1.75. The van der Waals surface area contributed by atoms with Gasteiger partial charge in [-0.05, 0) is 48.9 Å². The molecule has 6 heteroatoms. The van der Waals surface area contributed by atoms with Crippen molar-refractivity contribution in [2.75, 3.05) is 0 Å². The zero-order valence-electron chi connectivity index (χ0n) is 11.6. The highest BCUT2D eigenvalue weighted by Crippen LogP contribution is 2.16. The molecule has 0 bridgehead atoms. The summed E-state index contributed by atoms with van der Waals surface area (Å²) in [6.45, 7) is 2.14. The zero-order valence-corrected chi connectivity index (χ0v) is 11.6. The van der Waals surface area contributed by atoms with Crippen molar-refractivity contribution in [2.24, 2.45) is 0 Å². The summed E-state index contributed by atoms with van der Waals surface area (Å²) in [5.74, 6) is 0.729. The van der Waals surface area contributed by atoms with Crippen LogP contribution in [0.25, 0.3) is 0 Å². The number of carbonyl (C=O) groups excluding carboxylic acids is 1. The molecular weight excluding hydrogens is 270 g/mol. The second kappa shape index (κ2) is 7.14. The Morgan fingerprint density at radius 2 is 1.90 bits per heavy atom. The topological polar surface area (TPSA) is 83.5 Å². The van der Waals surface area contributed by atoms with Crippen LogP contribution in [0.5, 0.6) is 11.5 Å². The first-order valence-corrected chi connectivity index (χ1v) is 6.52. The molecule has 6 nitrogen and oxygen atoms in total. The molecule has 1 atom stereocenters. The number of benzene rings is 1. The molecule has 0 spiro atoms. The van der Waals surface area contributed by atoms with Gasteiger partial charge in [0.2, 0.25) is 0 Å². The van der Waals surface area contributed by atoms with E-state index in [0.29, 0.717) is 12.3 Å². The molecule has 0 fully saturated rings. The van der Waals surface area contributed by atoms with E-state index in [1.807, 2.05) is 12.1 Å². The average molecular weight is 287 g/mol. The molecule has 21 heavy (non-hydrogen) atoms. The van der Waals surface area contributed by atoms with Crippen LogP contribution in [0.1, 0.15) is 12.5 Å². The number of hydrogen-bond acceptors (Lipinski definition) is 4. The Labute approximate surface area is 122 Å². The Kier molecular flexibility index (Phi) is 4.98. The minimum Gasteiger partial charge on any atom is -0.508 e. The number of aromatic hydroxyl groups is 1. The van der Waals surface area contributed by atoms with Crippen molar-refractivity contribution >= 4 is 6.03 Å². The summed E-state index contributed by atoms with van der Waals surface area (Å²) in [5.41, 5.74) is 0.965. The third-order valence-electron chi connectivity index (χ3n) is 2.69. The first-order chi connectivity index (χ1) is 10.1. The van der Waals surface area contributed by atoms with Gasteiger partial charge in [-0.15, -0.1) is 0 Å². The van der Waals surface area contributed by atoms with Crippen molar-refractivity contribution in [1.82, 2.24) is 15.6 Å². The van der Waals surface area contributed by atoms with Crippen molar-refractivity contribution in [1.29, 1.82) is 0 Å². The van der Waals surface area contributed by atoms with E-state index in [0.717, 1.165) is 5.56 Å². The molecule has 1 heterocycles. The molecule has 3 N–H and O–H groups in total. The fourth-order valence-corrected chi connectivity index (χ4v) is 1.68. The first-order valence-electron chi connectivity index (χ1n) is 6.52. The predicted octanol–water partition coefficient (Wildman–Crippen LogP) is 2.01. The molecule has 2 amide bonds. The summed E-state index contributed by atoms with van der Waals surface area (Å²) < 4.78 is 5.50. The van der Waals surface area contributed by atoms with Crippen LogP contribution in [0.3, 0.4) is 0 Å². The second-order valence-corrected chi connectivity index (χ2v) is 4.44. The summed E-state index contributed by atoms with van der Waals surface area (Å²) in [5, 5.41) is 14.6. The highest BCUT2D eigenvalue weighted by molar-refractivity contribution is 5.74. The highest BCUT2D eigenvalue weighted by atomic mass is 16.5. The fourth-order valence-electron chi connectivity index (χ4n) is 1.68. The number of phenols is 1. The molecule has 0 aliphatic rings. The number of hydrogen-bond donors (Lipinski definition) is 3. The summed E-state index contributed by atoms with van der Waals surface area (Å²) in [7, 11) is 0. The van der Waals surface area contributed by atoms with Gasteiger partial charge in [-0.25, -0.2) is 4.79 Å². The minimum atomic E-state index is -0.494. The van der Waals surface area contributed by atoms with Crippen LogP contribution in [0.4, 0.5) is 4.79 Å². The molecule has 110 valence electrons. The minimum absolute atomic E-state index is 0.165. The second-order valence-electron chi connectivity index (χ2n) is 4.44. The van der Waals surface area contributed by atoms with Crippen LogP contribution in [-0.2, 0) is 6.54 Å². The maximum atomic E-state index is 11.7. The van der Waals surface area contributed by atoms with E-state index in [2.05, 4.69) is 15.6 Å². The lowest BCUT2D eigenvalue weighted by molar-refractivity contribution is 0.177. The normalized spacial score (nSPS) is 11.5. The summed E-state index contributed by atoms with van der Waals surface area (Å²) in [6, 6.07) is 9.63. The van der Waals surface area contributed by atoms with Crippen molar-refractivity contribution in [3.05, 3.63) is 54.4 Å². The molecule has 0 aliphatic heterocycles. The van der Waals surface area contributed by atoms with Crippen LogP contribution in [0, 0.1) is 0 Å². The van der Waals surface area contributed by atoms with Crippen LogP contribution in [0.2, 0.25) is 0 Å². The Hall–Kier alpha value is -2.76. The van der Waals surface area contributed by atoms with Crippen LogP contribution >= 0.6 is 0 Å². The standard InChI is InChI=1S/C15H17N3O3/c1-11(21-14-4-2-13(19)3-5-14)18-15(20)17-10-12-6-8-16-9-7-12/h2-9,11,19H,10H2,1H3,(H2,17,18,20). The maximum absolute atomic E-state index is 11.7. The van der Waals surface area contributed by atoms with Gasteiger partial charge in [0.05, 0.1) is 0 Å². The Morgan fingerprint density at radius 1 is 1.24 bits per heavy atom. The molecule has 2 aromatic rings. The van der Waals surface area contributed by atoms with E-state index in [1.54, 1.807) is 31.5 Å². The van der Waals surface area contributed by atoms with E-state index in [-0.39, 0.29) is 11.8 Å². The highest BCUT2D eigenvalue weighted by Gasteiger charge is 2.08. The Morgan fingerprint density at radius 3 is 2.57 bits per heavy atom. The number of nitrogens with one attached hydrogen (secondary N) is 2. The molecule has 1 unspecified atom stereocenters. The van der Waals surface area contributed by atoms with Gasteiger partial charge in [0, 0.05) is 18.9 Å². The van der Waals surface area contributed by atoms with Gasteiger partial charge in [0.25, 0.3) is 0 Å². The fraction of sp³-hybridized carbons (Fsp3) is 0.200. The number of aromatic nitrogens is 1. The van der Waals surface area contributed by atoms with E-state index in [1.165, 1.54) is 12.1 Å². The van der Waals surface area contributed by atoms with Crippen LogP contribution in [0.15, 0.2) is 48.8 Å². The molecule has 0 aliphatic carbocycles. The van der Waals surface area contributed by atoms with Gasteiger partial charge in [-0.3, -0.25) is 4.98 Å². The monoisotopic (exact) mass is 287 g/mol. The maximum Gasteiger partial charge on any atom is 0.317 e. The molecule has 1 aromatic heterocycles. The zero-order chi connectivity index (χ0) is 15.1. The third kappa shape index (κ3) is 5.02. The first kappa shape index (κ1) is 14.6.